The summed E-state index contributed by atoms with van der Waals surface area (Å²) in [4.78, 5) is 0.150. The lowest BCUT2D eigenvalue weighted by Gasteiger charge is -2.40. The Morgan fingerprint density at radius 1 is 1.26 bits per heavy atom. The zero-order valence-electron chi connectivity index (χ0n) is 10.7. The molecule has 2 rings (SSSR count). The summed E-state index contributed by atoms with van der Waals surface area (Å²) in [6.45, 7) is 4.76. The summed E-state index contributed by atoms with van der Waals surface area (Å²) in [7, 11) is -3.60. The number of ether oxygens (including phenoxy) is 1. The number of halogens is 2. The zero-order chi connectivity index (χ0) is 14.3. The molecule has 0 atom stereocenters. The van der Waals surface area contributed by atoms with E-state index in [9.17, 15) is 8.42 Å². The highest BCUT2D eigenvalue weighted by Crippen LogP contribution is 2.30. The van der Waals surface area contributed by atoms with E-state index in [1.165, 1.54) is 22.5 Å². The van der Waals surface area contributed by atoms with E-state index < -0.39 is 15.6 Å². The standard InChI is InChI=1S/C12H15Cl2NO3S/c1-12(2)8-18-6-5-15(12)19(16,17)9-3-4-10(13)11(14)7-9/h3-4,7H,5-6,8H2,1-2H3. The molecule has 0 N–H and O–H groups in total. The van der Waals surface area contributed by atoms with Crippen molar-refractivity contribution in [2.75, 3.05) is 19.8 Å². The molecular formula is C12H15Cl2NO3S. The number of hydrogen-bond acceptors (Lipinski definition) is 3. The minimum atomic E-state index is -3.60. The molecule has 106 valence electrons. The van der Waals surface area contributed by atoms with Gasteiger partial charge in [-0.05, 0) is 32.0 Å². The molecule has 1 aromatic carbocycles. The van der Waals surface area contributed by atoms with Gasteiger partial charge in [0.05, 0.1) is 33.7 Å². The van der Waals surface area contributed by atoms with E-state index in [0.717, 1.165) is 0 Å². The molecule has 0 saturated carbocycles. The van der Waals surface area contributed by atoms with Crippen LogP contribution in [0.15, 0.2) is 23.1 Å². The molecule has 1 fully saturated rings. The maximum Gasteiger partial charge on any atom is 0.243 e. The maximum atomic E-state index is 12.6. The number of hydrogen-bond donors (Lipinski definition) is 0. The summed E-state index contributed by atoms with van der Waals surface area (Å²) in [5, 5.41) is 0.565. The summed E-state index contributed by atoms with van der Waals surface area (Å²) >= 11 is 11.7. The van der Waals surface area contributed by atoms with E-state index in [-0.39, 0.29) is 9.92 Å². The Morgan fingerprint density at radius 2 is 1.95 bits per heavy atom. The number of benzene rings is 1. The third kappa shape index (κ3) is 2.90. The van der Waals surface area contributed by atoms with Crippen molar-refractivity contribution in [1.82, 2.24) is 4.31 Å². The van der Waals surface area contributed by atoms with Crippen LogP contribution in [0, 0.1) is 0 Å². The normalized spacial score (nSPS) is 20.4. The monoisotopic (exact) mass is 323 g/mol. The van der Waals surface area contributed by atoms with Crippen molar-refractivity contribution >= 4 is 33.2 Å². The molecule has 1 saturated heterocycles. The molecule has 1 aliphatic heterocycles. The fourth-order valence-corrected chi connectivity index (χ4v) is 4.20. The van der Waals surface area contributed by atoms with Gasteiger partial charge < -0.3 is 4.74 Å². The van der Waals surface area contributed by atoms with Crippen molar-refractivity contribution in [3.8, 4) is 0 Å². The van der Waals surface area contributed by atoms with Gasteiger partial charge in [-0.2, -0.15) is 4.31 Å². The van der Waals surface area contributed by atoms with Gasteiger partial charge in [0.15, 0.2) is 0 Å². The lowest BCUT2D eigenvalue weighted by molar-refractivity contribution is -0.00770. The minimum absolute atomic E-state index is 0.150. The van der Waals surface area contributed by atoms with Crippen molar-refractivity contribution in [3.63, 3.8) is 0 Å². The Hall–Kier alpha value is -0.330. The molecule has 7 heteroatoms. The molecule has 1 aliphatic rings. The Morgan fingerprint density at radius 3 is 2.53 bits per heavy atom. The second-order valence-corrected chi connectivity index (χ2v) is 7.69. The molecular weight excluding hydrogens is 309 g/mol. The Kier molecular flexibility index (Phi) is 4.14. The van der Waals surface area contributed by atoms with Crippen molar-refractivity contribution in [2.45, 2.75) is 24.3 Å². The number of rotatable bonds is 2. The first-order chi connectivity index (χ1) is 8.75. The molecule has 19 heavy (non-hydrogen) atoms. The van der Waals surface area contributed by atoms with Crippen LogP contribution in [0.1, 0.15) is 13.8 Å². The van der Waals surface area contributed by atoms with Crippen molar-refractivity contribution in [3.05, 3.63) is 28.2 Å². The third-order valence-corrected chi connectivity index (χ3v) is 5.89. The number of morpholine rings is 1. The van der Waals surface area contributed by atoms with E-state index in [1.807, 2.05) is 13.8 Å². The highest BCUT2D eigenvalue weighted by Gasteiger charge is 2.39. The van der Waals surface area contributed by atoms with Gasteiger partial charge in [-0.3, -0.25) is 0 Å². The number of nitrogens with zero attached hydrogens (tertiary/aromatic N) is 1. The van der Waals surface area contributed by atoms with Crippen LogP contribution in [0.25, 0.3) is 0 Å². The van der Waals surface area contributed by atoms with Gasteiger partial charge in [-0.25, -0.2) is 8.42 Å². The third-order valence-electron chi connectivity index (χ3n) is 3.05. The van der Waals surface area contributed by atoms with Gasteiger partial charge in [0.1, 0.15) is 0 Å². The summed E-state index contributed by atoms with van der Waals surface area (Å²) in [6, 6.07) is 4.34. The molecule has 1 aromatic rings. The molecule has 0 radical (unpaired) electrons. The lowest BCUT2D eigenvalue weighted by atomic mass is 10.1. The number of sulfonamides is 1. The van der Waals surface area contributed by atoms with Crippen LogP contribution in [0.2, 0.25) is 10.0 Å². The van der Waals surface area contributed by atoms with Gasteiger partial charge in [0, 0.05) is 6.54 Å². The van der Waals surface area contributed by atoms with Gasteiger partial charge in [0.2, 0.25) is 10.0 Å². The van der Waals surface area contributed by atoms with Crippen molar-refractivity contribution in [2.24, 2.45) is 0 Å². The van der Waals surface area contributed by atoms with E-state index in [1.54, 1.807) is 0 Å². The largest absolute Gasteiger partial charge is 0.378 e. The first kappa shape index (κ1) is 15.1. The van der Waals surface area contributed by atoms with Gasteiger partial charge in [-0.15, -0.1) is 0 Å². The van der Waals surface area contributed by atoms with Crippen molar-refractivity contribution in [1.29, 1.82) is 0 Å². The van der Waals surface area contributed by atoms with Crippen LogP contribution in [0.3, 0.4) is 0 Å². The van der Waals surface area contributed by atoms with E-state index in [2.05, 4.69) is 0 Å². The Balaban J connectivity index is 2.44. The maximum absolute atomic E-state index is 12.6. The van der Waals surface area contributed by atoms with Crippen LogP contribution in [0.5, 0.6) is 0 Å². The summed E-state index contributed by atoms with van der Waals surface area (Å²) in [5.74, 6) is 0. The average Bonchev–Trinajstić information content (AvgIpc) is 2.31. The SMILES string of the molecule is CC1(C)COCCN1S(=O)(=O)c1ccc(Cl)c(Cl)c1. The first-order valence-electron chi connectivity index (χ1n) is 5.81. The fourth-order valence-electron chi connectivity index (χ4n) is 2.05. The predicted molar refractivity (Wildman–Crippen MR) is 75.3 cm³/mol. The molecule has 1 heterocycles. The van der Waals surface area contributed by atoms with Gasteiger partial charge >= 0.3 is 0 Å². The molecule has 4 nitrogen and oxygen atoms in total. The highest BCUT2D eigenvalue weighted by molar-refractivity contribution is 7.89. The second-order valence-electron chi connectivity index (χ2n) is 5.02. The second kappa shape index (κ2) is 5.22. The van der Waals surface area contributed by atoms with Crippen LogP contribution in [-0.4, -0.2) is 38.0 Å². The van der Waals surface area contributed by atoms with Crippen molar-refractivity contribution < 1.29 is 13.2 Å². The van der Waals surface area contributed by atoms with E-state index in [4.69, 9.17) is 27.9 Å². The highest BCUT2D eigenvalue weighted by atomic mass is 35.5. The van der Waals surface area contributed by atoms with E-state index >= 15 is 0 Å². The first-order valence-corrected chi connectivity index (χ1v) is 8.00. The van der Waals surface area contributed by atoms with E-state index in [0.29, 0.717) is 24.8 Å². The van der Waals surface area contributed by atoms with Crippen LogP contribution in [-0.2, 0) is 14.8 Å². The topological polar surface area (TPSA) is 46.6 Å². The van der Waals surface area contributed by atoms with Gasteiger partial charge in [0.25, 0.3) is 0 Å². The summed E-state index contributed by atoms with van der Waals surface area (Å²) in [5.41, 5.74) is -0.580. The molecule has 0 spiro atoms. The Labute approximate surface area is 123 Å². The zero-order valence-corrected chi connectivity index (χ0v) is 13.0. The summed E-state index contributed by atoms with van der Waals surface area (Å²) < 4.78 is 32.1. The summed E-state index contributed by atoms with van der Waals surface area (Å²) in [6.07, 6.45) is 0. The fraction of sp³-hybridized carbons (Fsp3) is 0.500. The smallest absolute Gasteiger partial charge is 0.243 e. The van der Waals surface area contributed by atoms with Gasteiger partial charge in [-0.1, -0.05) is 23.2 Å². The molecule has 0 bridgehead atoms. The Bertz CT molecular complexity index is 587. The molecule has 0 aliphatic carbocycles. The molecule has 0 amide bonds. The van der Waals surface area contributed by atoms with Crippen LogP contribution in [0.4, 0.5) is 0 Å². The lowest BCUT2D eigenvalue weighted by Crippen LogP contribution is -2.55. The minimum Gasteiger partial charge on any atom is -0.378 e. The molecule has 0 aromatic heterocycles. The molecule has 0 unspecified atom stereocenters. The van der Waals surface area contributed by atoms with Crippen LogP contribution >= 0.6 is 23.2 Å². The van der Waals surface area contributed by atoms with Crippen LogP contribution < -0.4 is 0 Å². The quantitative estimate of drug-likeness (QED) is 0.840. The average molecular weight is 324 g/mol. The predicted octanol–water partition coefficient (Wildman–Crippen LogP) is 2.79.